The Bertz CT molecular complexity index is 719. The van der Waals surface area contributed by atoms with Gasteiger partial charge in [0.15, 0.2) is 0 Å². The second kappa shape index (κ2) is 8.27. The fourth-order valence-electron chi connectivity index (χ4n) is 3.94. The van der Waals surface area contributed by atoms with Crippen LogP contribution in [0, 0.1) is 0 Å². The second-order valence-electron chi connectivity index (χ2n) is 7.13. The maximum atomic E-state index is 12.7. The van der Waals surface area contributed by atoms with Gasteiger partial charge < -0.3 is 10.2 Å². The van der Waals surface area contributed by atoms with Gasteiger partial charge >= 0.3 is 0 Å². The number of benzene rings is 1. The third kappa shape index (κ3) is 4.13. The molecular formula is C20H26N4OS. The van der Waals surface area contributed by atoms with E-state index in [4.69, 9.17) is 0 Å². The minimum absolute atomic E-state index is 0.0199. The van der Waals surface area contributed by atoms with E-state index in [1.54, 1.807) is 10.9 Å². The molecular weight excluding hydrogens is 344 g/mol. The molecule has 2 fully saturated rings. The van der Waals surface area contributed by atoms with Crippen molar-refractivity contribution in [1.82, 2.24) is 20.0 Å². The lowest BCUT2D eigenvalue weighted by Gasteiger charge is -2.39. The number of carbonyl (C=O) groups is 1. The lowest BCUT2D eigenvalue weighted by atomic mass is 10.0. The first-order valence-electron chi connectivity index (χ1n) is 9.52. The van der Waals surface area contributed by atoms with Gasteiger partial charge in [0, 0.05) is 43.1 Å². The van der Waals surface area contributed by atoms with E-state index in [9.17, 15) is 4.79 Å². The quantitative estimate of drug-likeness (QED) is 0.899. The smallest absolute Gasteiger partial charge is 0.251 e. The van der Waals surface area contributed by atoms with Gasteiger partial charge in [-0.15, -0.1) is 0 Å². The standard InChI is InChI=1S/C20H26N4OS/c25-20(16-3-1-4-19(15-16)24-10-2-9-21-24)22-17-5-11-23(12-6-17)18-7-13-26-14-8-18/h1-4,9-10,15,17-18H,5-8,11-14H2,(H,22,25). The molecule has 3 heterocycles. The van der Waals surface area contributed by atoms with E-state index in [2.05, 4.69) is 27.1 Å². The lowest BCUT2D eigenvalue weighted by molar-refractivity contribution is 0.0886. The largest absolute Gasteiger partial charge is 0.349 e. The molecule has 2 aliphatic heterocycles. The highest BCUT2D eigenvalue weighted by atomic mass is 32.2. The number of hydrogen-bond donors (Lipinski definition) is 1. The number of hydrogen-bond acceptors (Lipinski definition) is 4. The van der Waals surface area contributed by atoms with Crippen LogP contribution in [0.15, 0.2) is 42.7 Å². The number of nitrogens with one attached hydrogen (secondary N) is 1. The first kappa shape index (κ1) is 17.6. The maximum Gasteiger partial charge on any atom is 0.251 e. The Morgan fingerprint density at radius 3 is 2.65 bits per heavy atom. The highest BCUT2D eigenvalue weighted by Crippen LogP contribution is 2.24. The van der Waals surface area contributed by atoms with Crippen LogP contribution in [0.2, 0.25) is 0 Å². The predicted octanol–water partition coefficient (Wildman–Crippen LogP) is 2.96. The lowest BCUT2D eigenvalue weighted by Crippen LogP contribution is -2.48. The van der Waals surface area contributed by atoms with E-state index < -0.39 is 0 Å². The summed E-state index contributed by atoms with van der Waals surface area (Å²) in [6, 6.07) is 10.6. The van der Waals surface area contributed by atoms with Crippen LogP contribution in [-0.4, -0.2) is 57.3 Å². The third-order valence-corrected chi connectivity index (χ3v) is 6.50. The van der Waals surface area contributed by atoms with E-state index >= 15 is 0 Å². The fourth-order valence-corrected chi connectivity index (χ4v) is 5.02. The molecule has 0 atom stereocenters. The number of nitrogens with zero attached hydrogens (tertiary/aromatic N) is 3. The van der Waals surface area contributed by atoms with Crippen LogP contribution in [-0.2, 0) is 0 Å². The SMILES string of the molecule is O=C(NC1CCN(C2CCSCC2)CC1)c1cccc(-n2cccn2)c1. The van der Waals surface area contributed by atoms with E-state index in [0.717, 1.165) is 37.7 Å². The summed E-state index contributed by atoms with van der Waals surface area (Å²) in [5, 5.41) is 7.47. The third-order valence-electron chi connectivity index (χ3n) is 5.45. The van der Waals surface area contributed by atoms with Gasteiger partial charge in [0.25, 0.3) is 5.91 Å². The summed E-state index contributed by atoms with van der Waals surface area (Å²) in [5.74, 6) is 2.62. The summed E-state index contributed by atoms with van der Waals surface area (Å²) in [6.45, 7) is 2.21. The topological polar surface area (TPSA) is 50.2 Å². The number of aromatic nitrogens is 2. The Morgan fingerprint density at radius 1 is 1.12 bits per heavy atom. The van der Waals surface area contributed by atoms with Crippen LogP contribution in [0.4, 0.5) is 0 Å². The number of rotatable bonds is 4. The molecule has 2 aromatic rings. The van der Waals surface area contributed by atoms with Crippen molar-refractivity contribution in [2.75, 3.05) is 24.6 Å². The van der Waals surface area contributed by atoms with Gasteiger partial charge in [-0.1, -0.05) is 6.07 Å². The summed E-state index contributed by atoms with van der Waals surface area (Å²) in [5.41, 5.74) is 1.61. The first-order valence-corrected chi connectivity index (χ1v) is 10.7. The predicted molar refractivity (Wildman–Crippen MR) is 106 cm³/mol. The zero-order valence-electron chi connectivity index (χ0n) is 15.0. The zero-order chi connectivity index (χ0) is 17.8. The highest BCUT2D eigenvalue weighted by molar-refractivity contribution is 7.99. The minimum atomic E-state index is 0.0199. The van der Waals surface area contributed by atoms with E-state index in [1.807, 2.05) is 36.5 Å². The van der Waals surface area contributed by atoms with Crippen molar-refractivity contribution in [2.45, 2.75) is 37.8 Å². The van der Waals surface area contributed by atoms with E-state index in [0.29, 0.717) is 5.56 Å². The average molecular weight is 371 g/mol. The Morgan fingerprint density at radius 2 is 1.92 bits per heavy atom. The average Bonchev–Trinajstić information content (AvgIpc) is 3.24. The molecule has 0 spiro atoms. The van der Waals surface area contributed by atoms with Crippen LogP contribution in [0.25, 0.3) is 5.69 Å². The molecule has 1 N–H and O–H groups in total. The molecule has 6 heteroatoms. The molecule has 4 rings (SSSR count). The monoisotopic (exact) mass is 370 g/mol. The van der Waals surface area contributed by atoms with Crippen molar-refractivity contribution in [3.05, 3.63) is 48.3 Å². The van der Waals surface area contributed by atoms with Gasteiger partial charge in [-0.3, -0.25) is 4.79 Å². The van der Waals surface area contributed by atoms with Crippen molar-refractivity contribution >= 4 is 17.7 Å². The molecule has 0 bridgehead atoms. The summed E-state index contributed by atoms with van der Waals surface area (Å²) in [4.78, 5) is 15.3. The van der Waals surface area contributed by atoms with Gasteiger partial charge in [0.05, 0.1) is 5.69 Å². The number of carbonyl (C=O) groups excluding carboxylic acids is 1. The molecule has 1 aromatic carbocycles. The molecule has 5 nitrogen and oxygen atoms in total. The molecule has 0 aliphatic carbocycles. The second-order valence-corrected chi connectivity index (χ2v) is 8.35. The molecule has 0 saturated carbocycles. The molecule has 1 aromatic heterocycles. The van der Waals surface area contributed by atoms with Gasteiger partial charge in [-0.2, -0.15) is 16.9 Å². The van der Waals surface area contributed by atoms with Crippen molar-refractivity contribution in [3.63, 3.8) is 0 Å². The van der Waals surface area contributed by atoms with Crippen molar-refractivity contribution in [3.8, 4) is 5.69 Å². The molecule has 26 heavy (non-hydrogen) atoms. The summed E-state index contributed by atoms with van der Waals surface area (Å²) < 4.78 is 1.78. The van der Waals surface area contributed by atoms with Crippen LogP contribution in [0.5, 0.6) is 0 Å². The van der Waals surface area contributed by atoms with Crippen LogP contribution in [0.3, 0.4) is 0 Å². The van der Waals surface area contributed by atoms with Crippen LogP contribution < -0.4 is 5.32 Å². The first-order chi connectivity index (χ1) is 12.8. The molecule has 138 valence electrons. The Kier molecular flexibility index (Phi) is 5.60. The van der Waals surface area contributed by atoms with Crippen molar-refractivity contribution in [1.29, 1.82) is 0 Å². The highest BCUT2D eigenvalue weighted by Gasteiger charge is 2.27. The molecule has 0 unspecified atom stereocenters. The van der Waals surface area contributed by atoms with Gasteiger partial charge in [-0.25, -0.2) is 4.68 Å². The van der Waals surface area contributed by atoms with Gasteiger partial charge in [0.1, 0.15) is 0 Å². The normalized spacial score (nSPS) is 20.2. The Labute approximate surface area is 159 Å². The van der Waals surface area contributed by atoms with Crippen molar-refractivity contribution in [2.24, 2.45) is 0 Å². The fraction of sp³-hybridized carbons (Fsp3) is 0.500. The van der Waals surface area contributed by atoms with E-state index in [1.165, 1.54) is 24.3 Å². The molecule has 2 saturated heterocycles. The van der Waals surface area contributed by atoms with Crippen LogP contribution in [0.1, 0.15) is 36.0 Å². The number of piperidine rings is 1. The molecule has 1 amide bonds. The maximum absolute atomic E-state index is 12.7. The van der Waals surface area contributed by atoms with E-state index in [-0.39, 0.29) is 11.9 Å². The summed E-state index contributed by atoms with van der Waals surface area (Å²) in [7, 11) is 0. The van der Waals surface area contributed by atoms with Crippen molar-refractivity contribution < 1.29 is 4.79 Å². The minimum Gasteiger partial charge on any atom is -0.349 e. The zero-order valence-corrected chi connectivity index (χ0v) is 15.8. The van der Waals surface area contributed by atoms with Gasteiger partial charge in [-0.05, 0) is 61.5 Å². The summed E-state index contributed by atoms with van der Waals surface area (Å²) >= 11 is 2.08. The Hall–Kier alpha value is -1.79. The summed E-state index contributed by atoms with van der Waals surface area (Å²) in [6.07, 6.45) is 8.37. The number of thioether (sulfide) groups is 1. The number of likely N-dealkylation sites (tertiary alicyclic amines) is 1. The Balaban J connectivity index is 1.32. The number of amides is 1. The molecule has 2 aliphatic rings. The van der Waals surface area contributed by atoms with Crippen LogP contribution >= 0.6 is 11.8 Å². The van der Waals surface area contributed by atoms with Gasteiger partial charge in [0.2, 0.25) is 0 Å². The molecule has 0 radical (unpaired) electrons.